The molecule has 1 aliphatic heterocycles. The van der Waals surface area contributed by atoms with Gasteiger partial charge in [0.2, 0.25) is 0 Å². The number of alkyl halides is 2. The molecule has 2 N–H and O–H groups in total. The number of aromatic nitrogens is 1. The molecule has 2 aromatic rings. The summed E-state index contributed by atoms with van der Waals surface area (Å²) in [6.45, 7) is 5.95. The third-order valence-electron chi connectivity index (χ3n) is 4.07. The number of nitrogens with one attached hydrogen (secondary N) is 1. The summed E-state index contributed by atoms with van der Waals surface area (Å²) < 4.78 is 36.5. The standard InChI is InChI=1S/C18H22F2N2O3S/c1-10(2)7-12(9-23)22-16(15-8-21-11(3)26-15)13-5-4-6-14-17(13)25-18(19,20)24-14/h4-6,8,10,12,16,22-23H,7,9H2,1-3H3. The Morgan fingerprint density at radius 1 is 1.31 bits per heavy atom. The Labute approximate surface area is 155 Å². The smallest absolute Gasteiger partial charge is 0.395 e. The van der Waals surface area contributed by atoms with E-state index in [-0.39, 0.29) is 24.1 Å². The summed E-state index contributed by atoms with van der Waals surface area (Å²) >= 11 is 1.47. The Balaban J connectivity index is 1.99. The first-order valence-electron chi connectivity index (χ1n) is 8.47. The van der Waals surface area contributed by atoms with Gasteiger partial charge in [0.05, 0.1) is 17.7 Å². The zero-order chi connectivity index (χ0) is 18.9. The van der Waals surface area contributed by atoms with Gasteiger partial charge in [0.1, 0.15) is 0 Å². The second-order valence-electron chi connectivity index (χ2n) is 6.73. The van der Waals surface area contributed by atoms with E-state index in [0.29, 0.717) is 11.5 Å². The second-order valence-corrected chi connectivity index (χ2v) is 8.00. The lowest BCUT2D eigenvalue weighted by atomic mass is 9.99. The third kappa shape index (κ3) is 4.13. The summed E-state index contributed by atoms with van der Waals surface area (Å²) in [6.07, 6.45) is -1.22. The minimum absolute atomic E-state index is 0.00458. The predicted molar refractivity (Wildman–Crippen MR) is 94.8 cm³/mol. The van der Waals surface area contributed by atoms with Crippen molar-refractivity contribution in [3.05, 3.63) is 39.8 Å². The molecule has 0 aliphatic carbocycles. The van der Waals surface area contributed by atoms with Crippen LogP contribution in [0.15, 0.2) is 24.4 Å². The van der Waals surface area contributed by atoms with E-state index in [0.717, 1.165) is 16.3 Å². The van der Waals surface area contributed by atoms with Gasteiger partial charge in [0.25, 0.3) is 0 Å². The predicted octanol–water partition coefficient (Wildman–Crippen LogP) is 3.86. The zero-order valence-corrected chi connectivity index (χ0v) is 15.6. The van der Waals surface area contributed by atoms with Gasteiger partial charge in [-0.2, -0.15) is 0 Å². The second kappa shape index (κ2) is 7.46. The number of rotatable bonds is 7. The van der Waals surface area contributed by atoms with Crippen molar-refractivity contribution in [1.29, 1.82) is 0 Å². The molecule has 142 valence electrons. The van der Waals surface area contributed by atoms with Crippen LogP contribution in [0.1, 0.15) is 41.8 Å². The third-order valence-corrected chi connectivity index (χ3v) is 5.05. The Kier molecular flexibility index (Phi) is 5.45. The van der Waals surface area contributed by atoms with Crippen molar-refractivity contribution in [3.8, 4) is 11.5 Å². The molecule has 2 unspecified atom stereocenters. The maximum absolute atomic E-state index is 13.6. The summed E-state index contributed by atoms with van der Waals surface area (Å²) in [5.74, 6) is 0.390. The number of aliphatic hydroxyl groups excluding tert-OH is 1. The molecule has 1 aliphatic rings. The largest absolute Gasteiger partial charge is 0.586 e. The number of thiazole rings is 1. The summed E-state index contributed by atoms with van der Waals surface area (Å²) in [7, 11) is 0. The van der Waals surface area contributed by atoms with Gasteiger partial charge in [-0.05, 0) is 25.3 Å². The number of benzene rings is 1. The van der Waals surface area contributed by atoms with Gasteiger partial charge < -0.3 is 19.9 Å². The molecule has 0 radical (unpaired) electrons. The normalized spacial score (nSPS) is 17.5. The van der Waals surface area contributed by atoms with Gasteiger partial charge >= 0.3 is 6.29 Å². The van der Waals surface area contributed by atoms with E-state index < -0.39 is 12.3 Å². The Hall–Kier alpha value is -1.77. The Morgan fingerprint density at radius 2 is 2.08 bits per heavy atom. The number of hydrogen-bond acceptors (Lipinski definition) is 6. The lowest BCUT2D eigenvalue weighted by molar-refractivity contribution is -0.287. The SMILES string of the molecule is Cc1ncc(C(NC(CO)CC(C)C)c2cccc3c2OC(F)(F)O3)s1. The van der Waals surface area contributed by atoms with Crippen molar-refractivity contribution < 1.29 is 23.4 Å². The molecule has 5 nitrogen and oxygen atoms in total. The van der Waals surface area contributed by atoms with Crippen molar-refractivity contribution in [2.75, 3.05) is 6.61 Å². The van der Waals surface area contributed by atoms with Crippen molar-refractivity contribution >= 4 is 11.3 Å². The molecule has 2 heterocycles. The van der Waals surface area contributed by atoms with E-state index in [1.54, 1.807) is 18.3 Å². The summed E-state index contributed by atoms with van der Waals surface area (Å²) in [6, 6.07) is 4.19. The lowest BCUT2D eigenvalue weighted by Gasteiger charge is -2.26. The summed E-state index contributed by atoms with van der Waals surface area (Å²) in [5.41, 5.74) is 0.533. The van der Waals surface area contributed by atoms with E-state index in [2.05, 4.69) is 28.9 Å². The highest BCUT2D eigenvalue weighted by atomic mass is 32.1. The first-order valence-corrected chi connectivity index (χ1v) is 9.28. The topological polar surface area (TPSA) is 63.6 Å². The van der Waals surface area contributed by atoms with Crippen LogP contribution >= 0.6 is 11.3 Å². The van der Waals surface area contributed by atoms with E-state index >= 15 is 0 Å². The number of hydrogen-bond donors (Lipinski definition) is 2. The molecule has 0 spiro atoms. The van der Waals surface area contributed by atoms with Crippen LogP contribution in [-0.4, -0.2) is 29.0 Å². The molecule has 1 aromatic heterocycles. The molecule has 3 rings (SSSR count). The molecule has 8 heteroatoms. The van der Waals surface area contributed by atoms with Crippen LogP contribution in [0, 0.1) is 12.8 Å². The number of aliphatic hydroxyl groups is 1. The van der Waals surface area contributed by atoms with Crippen LogP contribution in [0.25, 0.3) is 0 Å². The van der Waals surface area contributed by atoms with Crippen molar-refractivity contribution in [3.63, 3.8) is 0 Å². The average Bonchev–Trinajstić information content (AvgIpc) is 3.12. The van der Waals surface area contributed by atoms with E-state index in [4.69, 9.17) is 4.74 Å². The maximum Gasteiger partial charge on any atom is 0.586 e. The van der Waals surface area contributed by atoms with Gasteiger partial charge in [-0.25, -0.2) is 4.98 Å². The fourth-order valence-corrected chi connectivity index (χ4v) is 3.92. The highest BCUT2D eigenvalue weighted by Gasteiger charge is 2.45. The van der Waals surface area contributed by atoms with Crippen LogP contribution in [0.2, 0.25) is 0 Å². The molecule has 2 atom stereocenters. The van der Waals surface area contributed by atoms with Crippen LogP contribution in [0.5, 0.6) is 11.5 Å². The summed E-state index contributed by atoms with van der Waals surface area (Å²) in [5, 5.41) is 14.0. The summed E-state index contributed by atoms with van der Waals surface area (Å²) in [4.78, 5) is 5.13. The number of halogens is 2. The van der Waals surface area contributed by atoms with Gasteiger partial charge in [0, 0.05) is 22.7 Å². The van der Waals surface area contributed by atoms with Crippen LogP contribution in [-0.2, 0) is 0 Å². The van der Waals surface area contributed by atoms with E-state index in [1.165, 1.54) is 17.4 Å². The van der Waals surface area contributed by atoms with Crippen molar-refractivity contribution in [2.45, 2.75) is 45.6 Å². The van der Waals surface area contributed by atoms with Crippen LogP contribution in [0.3, 0.4) is 0 Å². The highest BCUT2D eigenvalue weighted by molar-refractivity contribution is 7.11. The molecular weight excluding hydrogens is 362 g/mol. The lowest BCUT2D eigenvalue weighted by Crippen LogP contribution is -2.37. The monoisotopic (exact) mass is 384 g/mol. The number of para-hydroxylation sites is 1. The maximum atomic E-state index is 13.6. The first-order chi connectivity index (χ1) is 12.3. The molecule has 0 fully saturated rings. The molecule has 0 saturated heterocycles. The molecule has 0 amide bonds. The van der Waals surface area contributed by atoms with Crippen molar-refractivity contribution in [2.24, 2.45) is 5.92 Å². The molecule has 0 bridgehead atoms. The Morgan fingerprint density at radius 3 is 2.69 bits per heavy atom. The quantitative estimate of drug-likeness (QED) is 0.759. The zero-order valence-electron chi connectivity index (χ0n) is 14.8. The number of ether oxygens (including phenoxy) is 2. The van der Waals surface area contributed by atoms with Crippen molar-refractivity contribution in [1.82, 2.24) is 10.3 Å². The minimum atomic E-state index is -3.68. The average molecular weight is 384 g/mol. The number of nitrogens with zero attached hydrogens (tertiary/aromatic N) is 1. The van der Waals surface area contributed by atoms with E-state index in [9.17, 15) is 13.9 Å². The van der Waals surface area contributed by atoms with Crippen LogP contribution < -0.4 is 14.8 Å². The van der Waals surface area contributed by atoms with Gasteiger partial charge in [0.15, 0.2) is 11.5 Å². The van der Waals surface area contributed by atoms with Gasteiger partial charge in [-0.3, -0.25) is 0 Å². The van der Waals surface area contributed by atoms with Gasteiger partial charge in [-0.15, -0.1) is 20.1 Å². The van der Waals surface area contributed by atoms with Crippen LogP contribution in [0.4, 0.5) is 8.78 Å². The molecular formula is C18H22F2N2O3S. The first kappa shape index (κ1) is 19.0. The molecule has 0 saturated carbocycles. The fourth-order valence-electron chi connectivity index (χ4n) is 3.05. The molecule has 26 heavy (non-hydrogen) atoms. The minimum Gasteiger partial charge on any atom is -0.395 e. The highest BCUT2D eigenvalue weighted by Crippen LogP contribution is 2.46. The number of aryl methyl sites for hydroxylation is 1. The van der Waals surface area contributed by atoms with E-state index in [1.807, 2.05) is 6.92 Å². The van der Waals surface area contributed by atoms with Gasteiger partial charge in [-0.1, -0.05) is 26.0 Å². The number of fused-ring (bicyclic) bond motifs is 1. The molecule has 1 aromatic carbocycles. The Bertz CT molecular complexity index is 767. The fraction of sp³-hybridized carbons (Fsp3) is 0.500.